The number of hydrogen-bond donors (Lipinski definition) is 0. The highest BCUT2D eigenvalue weighted by atomic mass is 32.2. The Labute approximate surface area is 181 Å². The van der Waals surface area contributed by atoms with Crippen LogP contribution in [0.4, 0.5) is 0 Å². The quantitative estimate of drug-likeness (QED) is 0.314. The Hall–Kier alpha value is -3.21. The Bertz CT molecular complexity index is 1340. The average Bonchev–Trinajstić information content (AvgIpc) is 3.44. The maximum absolute atomic E-state index is 13.0. The van der Waals surface area contributed by atoms with Gasteiger partial charge in [-0.2, -0.15) is 4.98 Å². The molecule has 162 valence electrons. The van der Waals surface area contributed by atoms with Crippen LogP contribution in [0.1, 0.15) is 44.8 Å². The molecule has 10 nitrogen and oxygen atoms in total. The molecule has 0 aliphatic heterocycles. The summed E-state index contributed by atoms with van der Waals surface area (Å²) in [7, 11) is 1.47. The lowest BCUT2D eigenvalue weighted by atomic mass is 10.2. The largest absolute Gasteiger partial charge is 0.461 e. The van der Waals surface area contributed by atoms with Gasteiger partial charge in [-0.25, -0.2) is 14.8 Å². The van der Waals surface area contributed by atoms with Gasteiger partial charge in [0, 0.05) is 19.5 Å². The Morgan fingerprint density at radius 2 is 2.00 bits per heavy atom. The summed E-state index contributed by atoms with van der Waals surface area (Å²) in [4.78, 5) is 39.2. The molecule has 0 spiro atoms. The van der Waals surface area contributed by atoms with Crippen LogP contribution >= 0.6 is 11.8 Å². The van der Waals surface area contributed by atoms with Gasteiger partial charge in [0.15, 0.2) is 11.4 Å². The normalized spacial score (nSPS) is 11.6. The van der Waals surface area contributed by atoms with Gasteiger partial charge in [0.1, 0.15) is 16.2 Å². The van der Waals surface area contributed by atoms with E-state index in [4.69, 9.17) is 8.94 Å². The van der Waals surface area contributed by atoms with E-state index in [1.165, 1.54) is 29.6 Å². The number of aryl methyl sites for hydroxylation is 1. The van der Waals surface area contributed by atoms with Crippen LogP contribution in [-0.2, 0) is 19.3 Å². The lowest BCUT2D eigenvalue weighted by Gasteiger charge is -2.14. The van der Waals surface area contributed by atoms with Gasteiger partial charge < -0.3 is 8.94 Å². The third-order valence-electron chi connectivity index (χ3n) is 4.67. The molecule has 0 unspecified atom stereocenters. The van der Waals surface area contributed by atoms with Gasteiger partial charge in [-0.3, -0.25) is 13.9 Å². The first kappa shape index (κ1) is 21.0. The van der Waals surface area contributed by atoms with Crippen molar-refractivity contribution in [3.05, 3.63) is 50.9 Å². The van der Waals surface area contributed by atoms with Crippen LogP contribution in [0.15, 0.2) is 42.0 Å². The van der Waals surface area contributed by atoms with Crippen LogP contribution in [0.5, 0.6) is 0 Å². The fourth-order valence-corrected chi connectivity index (χ4v) is 3.95. The average molecular weight is 443 g/mol. The van der Waals surface area contributed by atoms with Crippen LogP contribution in [0.3, 0.4) is 0 Å². The van der Waals surface area contributed by atoms with Gasteiger partial charge in [0.25, 0.3) is 5.56 Å². The van der Waals surface area contributed by atoms with Crippen molar-refractivity contribution in [1.82, 2.24) is 29.2 Å². The van der Waals surface area contributed by atoms with Gasteiger partial charge in [-0.05, 0) is 18.6 Å². The smallest absolute Gasteiger partial charge is 0.332 e. The first-order chi connectivity index (χ1) is 14.9. The Morgan fingerprint density at radius 3 is 2.68 bits per heavy atom. The van der Waals surface area contributed by atoms with Gasteiger partial charge in [0.05, 0.1) is 12.0 Å². The molecule has 0 fully saturated rings. The van der Waals surface area contributed by atoms with Crippen molar-refractivity contribution in [2.24, 2.45) is 7.05 Å². The third-order valence-corrected chi connectivity index (χ3v) is 5.63. The van der Waals surface area contributed by atoms with E-state index in [-0.39, 0.29) is 11.6 Å². The summed E-state index contributed by atoms with van der Waals surface area (Å²) in [5.41, 5.74) is -0.450. The zero-order chi connectivity index (χ0) is 22.1. The van der Waals surface area contributed by atoms with Crippen molar-refractivity contribution in [3.63, 3.8) is 0 Å². The molecule has 0 N–H and O–H groups in total. The fourth-order valence-electron chi connectivity index (χ4n) is 3.09. The van der Waals surface area contributed by atoms with E-state index < -0.39 is 5.56 Å². The number of rotatable bonds is 7. The molecule has 11 heteroatoms. The molecule has 0 saturated heterocycles. The number of hydrogen-bond acceptors (Lipinski definition) is 9. The van der Waals surface area contributed by atoms with E-state index >= 15 is 0 Å². The Balaban J connectivity index is 1.79. The number of nitrogens with zero attached hydrogens (tertiary/aromatic N) is 6. The van der Waals surface area contributed by atoms with Gasteiger partial charge in [-0.15, -0.1) is 0 Å². The Kier molecular flexibility index (Phi) is 5.77. The van der Waals surface area contributed by atoms with E-state index in [9.17, 15) is 9.59 Å². The minimum Gasteiger partial charge on any atom is -0.461 e. The predicted octanol–water partition coefficient (Wildman–Crippen LogP) is 2.96. The second-order valence-electron chi connectivity index (χ2n) is 7.32. The van der Waals surface area contributed by atoms with Gasteiger partial charge in [0.2, 0.25) is 11.7 Å². The number of thioether (sulfide) groups is 1. The molecule has 0 amide bonds. The van der Waals surface area contributed by atoms with E-state index in [1.807, 2.05) is 20.8 Å². The van der Waals surface area contributed by atoms with E-state index in [0.717, 1.165) is 11.0 Å². The van der Waals surface area contributed by atoms with Crippen LogP contribution in [0, 0.1) is 0 Å². The molecule has 0 aliphatic carbocycles. The second-order valence-corrected chi connectivity index (χ2v) is 8.28. The minimum absolute atomic E-state index is 0.0203. The van der Waals surface area contributed by atoms with Crippen LogP contribution in [0.25, 0.3) is 22.6 Å². The molecule has 0 radical (unpaired) electrons. The van der Waals surface area contributed by atoms with Crippen molar-refractivity contribution < 1.29 is 8.94 Å². The summed E-state index contributed by atoms with van der Waals surface area (Å²) in [6.45, 7) is 6.35. The molecule has 31 heavy (non-hydrogen) atoms. The zero-order valence-electron chi connectivity index (χ0n) is 17.7. The highest BCUT2D eigenvalue weighted by Gasteiger charge is 2.20. The third kappa shape index (κ3) is 3.92. The standard InChI is InChI=1S/C20H22N6O4S/c1-5-8-26-17-14(19(27)25(4)20(26)28)18(23-15(22-17)11(2)3)31-10-13-21-16(24-30-13)12-7-6-9-29-12/h6-7,9,11H,5,8,10H2,1-4H3. The molecular weight excluding hydrogens is 420 g/mol. The van der Waals surface area contributed by atoms with E-state index in [1.54, 1.807) is 12.1 Å². The minimum atomic E-state index is -0.424. The number of furan rings is 1. The summed E-state index contributed by atoms with van der Waals surface area (Å²) in [5.74, 6) is 2.11. The van der Waals surface area contributed by atoms with E-state index in [0.29, 0.717) is 51.7 Å². The Morgan fingerprint density at radius 1 is 1.19 bits per heavy atom. The first-order valence-corrected chi connectivity index (χ1v) is 10.9. The monoisotopic (exact) mass is 442 g/mol. The molecule has 4 heterocycles. The molecule has 4 aromatic rings. The molecular formula is C20H22N6O4S. The van der Waals surface area contributed by atoms with Crippen LogP contribution < -0.4 is 11.2 Å². The van der Waals surface area contributed by atoms with Gasteiger partial charge >= 0.3 is 5.69 Å². The van der Waals surface area contributed by atoms with Crippen LogP contribution in [0.2, 0.25) is 0 Å². The summed E-state index contributed by atoms with van der Waals surface area (Å²) < 4.78 is 13.2. The highest BCUT2D eigenvalue weighted by molar-refractivity contribution is 7.98. The van der Waals surface area contributed by atoms with Crippen LogP contribution in [-0.4, -0.2) is 29.2 Å². The van der Waals surface area contributed by atoms with E-state index in [2.05, 4.69) is 20.1 Å². The second kappa shape index (κ2) is 8.50. The van der Waals surface area contributed by atoms with Crippen molar-refractivity contribution >= 4 is 22.8 Å². The maximum Gasteiger partial charge on any atom is 0.332 e. The molecule has 4 rings (SSSR count). The maximum atomic E-state index is 13.0. The summed E-state index contributed by atoms with van der Waals surface area (Å²) in [6, 6.07) is 3.48. The first-order valence-electron chi connectivity index (χ1n) is 9.91. The van der Waals surface area contributed by atoms with Crippen molar-refractivity contribution in [1.29, 1.82) is 0 Å². The van der Waals surface area contributed by atoms with Crippen molar-refractivity contribution in [2.75, 3.05) is 0 Å². The summed E-state index contributed by atoms with van der Waals surface area (Å²) in [5, 5.41) is 4.72. The summed E-state index contributed by atoms with van der Waals surface area (Å²) >= 11 is 1.29. The molecule has 4 aromatic heterocycles. The van der Waals surface area contributed by atoms with Crippen molar-refractivity contribution in [3.8, 4) is 11.6 Å². The molecule has 0 saturated carbocycles. The predicted molar refractivity (Wildman–Crippen MR) is 115 cm³/mol. The van der Waals surface area contributed by atoms with Crippen molar-refractivity contribution in [2.45, 2.75) is 50.4 Å². The SMILES string of the molecule is CCCn1c(=O)n(C)c(=O)c2c(SCc3nc(-c4ccco4)no3)nc(C(C)C)nc21. The lowest BCUT2D eigenvalue weighted by molar-refractivity contribution is 0.390. The van der Waals surface area contributed by atoms with Gasteiger partial charge in [-0.1, -0.05) is 37.7 Å². The summed E-state index contributed by atoms with van der Waals surface area (Å²) in [6.07, 6.45) is 2.26. The highest BCUT2D eigenvalue weighted by Crippen LogP contribution is 2.28. The number of fused-ring (bicyclic) bond motifs is 1. The topological polar surface area (TPSA) is 122 Å². The molecule has 0 aromatic carbocycles. The number of aromatic nitrogens is 6. The molecule has 0 aliphatic rings. The molecule has 0 atom stereocenters. The fraction of sp³-hybridized carbons (Fsp3) is 0.400. The lowest BCUT2D eigenvalue weighted by Crippen LogP contribution is -2.39. The zero-order valence-corrected chi connectivity index (χ0v) is 18.5. The molecule has 0 bridgehead atoms.